The Bertz CT molecular complexity index is 898. The number of benzene rings is 1. The van der Waals surface area contributed by atoms with Gasteiger partial charge in [0.1, 0.15) is 10.7 Å². The maximum Gasteiger partial charge on any atom is 0.235 e. The molecule has 3 heterocycles. The maximum absolute atomic E-state index is 4.60. The predicted molar refractivity (Wildman–Crippen MR) is 85.0 cm³/mol. The second kappa shape index (κ2) is 5.01. The highest BCUT2D eigenvalue weighted by Gasteiger charge is 2.14. The first-order valence-corrected chi connectivity index (χ1v) is 7.82. The molecule has 0 aliphatic rings. The zero-order valence-corrected chi connectivity index (χ0v) is 13.0. The quantitative estimate of drug-likeness (QED) is 0.549. The van der Waals surface area contributed by atoms with Crippen LogP contribution in [0.15, 0.2) is 53.1 Å². The van der Waals surface area contributed by atoms with Crippen molar-refractivity contribution in [3.05, 3.63) is 53.1 Å². The summed E-state index contributed by atoms with van der Waals surface area (Å²) in [5.74, 6) is 0.658. The van der Waals surface area contributed by atoms with Crippen LogP contribution in [0.4, 0.5) is 0 Å². The second-order valence-electron chi connectivity index (χ2n) is 4.35. The van der Waals surface area contributed by atoms with E-state index < -0.39 is 0 Å². The van der Waals surface area contributed by atoms with E-state index in [0.717, 1.165) is 25.7 Å². The molecule has 0 bridgehead atoms. The van der Waals surface area contributed by atoms with Crippen molar-refractivity contribution < 1.29 is 0 Å². The van der Waals surface area contributed by atoms with E-state index >= 15 is 0 Å². The lowest BCUT2D eigenvalue weighted by atomic mass is 10.2. The van der Waals surface area contributed by atoms with Crippen molar-refractivity contribution in [1.82, 2.24) is 24.8 Å². The topological polar surface area (TPSA) is 56.0 Å². The number of hydrogen-bond donors (Lipinski definition) is 0. The third kappa shape index (κ3) is 2.24. The molecule has 5 nitrogen and oxygen atoms in total. The molecule has 4 aromatic rings. The van der Waals surface area contributed by atoms with Crippen molar-refractivity contribution in [2.45, 2.75) is 0 Å². The van der Waals surface area contributed by atoms with E-state index in [1.807, 2.05) is 42.5 Å². The van der Waals surface area contributed by atoms with Gasteiger partial charge >= 0.3 is 0 Å². The van der Waals surface area contributed by atoms with E-state index in [0.29, 0.717) is 5.82 Å². The first-order valence-electron chi connectivity index (χ1n) is 6.21. The minimum Gasteiger partial charge on any atom is -0.253 e. The summed E-state index contributed by atoms with van der Waals surface area (Å²) in [6.45, 7) is 0. The smallest absolute Gasteiger partial charge is 0.235 e. The van der Waals surface area contributed by atoms with E-state index in [4.69, 9.17) is 0 Å². The number of rotatable bonds is 2. The lowest BCUT2D eigenvalue weighted by Crippen LogP contribution is -1.92. The summed E-state index contributed by atoms with van der Waals surface area (Å²) in [6, 6.07) is 13.7. The average Bonchev–Trinajstić information content (AvgIpc) is 3.09. The molecule has 0 unspecified atom stereocenters. The lowest BCUT2D eigenvalue weighted by molar-refractivity contribution is 0.961. The van der Waals surface area contributed by atoms with Crippen LogP contribution < -0.4 is 0 Å². The van der Waals surface area contributed by atoms with Crippen LogP contribution in [0.1, 0.15) is 0 Å². The molecular formula is C14H8BrN5S. The maximum atomic E-state index is 4.60. The van der Waals surface area contributed by atoms with Crippen LogP contribution in [0, 0.1) is 0 Å². The summed E-state index contributed by atoms with van der Waals surface area (Å²) in [4.78, 5) is 5.06. The zero-order chi connectivity index (χ0) is 14.2. The van der Waals surface area contributed by atoms with Crippen molar-refractivity contribution in [3.63, 3.8) is 0 Å². The molecule has 0 amide bonds. The molecule has 21 heavy (non-hydrogen) atoms. The molecule has 0 fully saturated rings. The third-order valence-corrected chi connectivity index (χ3v) is 4.45. The van der Waals surface area contributed by atoms with Crippen molar-refractivity contribution in [2.75, 3.05) is 0 Å². The van der Waals surface area contributed by atoms with Gasteiger partial charge in [0.15, 0.2) is 0 Å². The van der Waals surface area contributed by atoms with Gasteiger partial charge in [0, 0.05) is 16.2 Å². The van der Waals surface area contributed by atoms with Gasteiger partial charge < -0.3 is 0 Å². The Balaban J connectivity index is 1.84. The normalized spacial score (nSPS) is 11.1. The predicted octanol–water partition coefficient (Wildman–Crippen LogP) is 3.68. The molecule has 0 spiro atoms. The SMILES string of the molecule is Brc1ccc(-c2nn3c(-c4ccccn4)nnc3s2)cc1. The monoisotopic (exact) mass is 357 g/mol. The number of halogens is 1. The number of pyridine rings is 1. The third-order valence-electron chi connectivity index (χ3n) is 2.98. The molecule has 1 aromatic carbocycles. The molecule has 0 saturated heterocycles. The molecule has 102 valence electrons. The Morgan fingerprint density at radius 2 is 1.86 bits per heavy atom. The molecule has 0 saturated carbocycles. The molecule has 7 heteroatoms. The van der Waals surface area contributed by atoms with E-state index in [1.165, 1.54) is 11.3 Å². The van der Waals surface area contributed by atoms with Crippen molar-refractivity contribution in [3.8, 4) is 22.1 Å². The Morgan fingerprint density at radius 1 is 1.00 bits per heavy atom. The van der Waals surface area contributed by atoms with Crippen LogP contribution >= 0.6 is 27.3 Å². The van der Waals surface area contributed by atoms with Crippen LogP contribution in [-0.4, -0.2) is 24.8 Å². The fraction of sp³-hybridized carbons (Fsp3) is 0. The Kier molecular flexibility index (Phi) is 3.01. The lowest BCUT2D eigenvalue weighted by Gasteiger charge is -1.96. The van der Waals surface area contributed by atoms with Crippen LogP contribution in [0.5, 0.6) is 0 Å². The van der Waals surface area contributed by atoms with Gasteiger partial charge in [-0.3, -0.25) is 4.98 Å². The number of hydrogen-bond acceptors (Lipinski definition) is 5. The number of fused-ring (bicyclic) bond motifs is 1. The minimum absolute atomic E-state index is 0.658. The average molecular weight is 358 g/mol. The molecule has 0 radical (unpaired) electrons. The van der Waals surface area contributed by atoms with E-state index in [1.54, 1.807) is 10.7 Å². The van der Waals surface area contributed by atoms with Crippen molar-refractivity contribution >= 4 is 32.2 Å². The first kappa shape index (κ1) is 12.6. The highest BCUT2D eigenvalue weighted by molar-refractivity contribution is 9.10. The highest BCUT2D eigenvalue weighted by Crippen LogP contribution is 2.28. The molecule has 4 rings (SSSR count). The molecule has 0 aliphatic carbocycles. The molecule has 0 N–H and O–H groups in total. The van der Waals surface area contributed by atoms with Crippen LogP contribution in [-0.2, 0) is 0 Å². The van der Waals surface area contributed by atoms with Gasteiger partial charge in [0.25, 0.3) is 0 Å². The van der Waals surface area contributed by atoms with Gasteiger partial charge in [-0.25, -0.2) is 0 Å². The van der Waals surface area contributed by atoms with Gasteiger partial charge in [-0.2, -0.15) is 9.61 Å². The summed E-state index contributed by atoms with van der Waals surface area (Å²) in [5.41, 5.74) is 1.82. The second-order valence-corrected chi connectivity index (χ2v) is 6.22. The van der Waals surface area contributed by atoms with Crippen molar-refractivity contribution in [2.24, 2.45) is 0 Å². The molecule has 3 aromatic heterocycles. The first-order chi connectivity index (χ1) is 10.3. The Hall–Kier alpha value is -2.12. The van der Waals surface area contributed by atoms with Crippen LogP contribution in [0.3, 0.4) is 0 Å². The summed E-state index contributed by atoms with van der Waals surface area (Å²) < 4.78 is 2.79. The molecule has 0 atom stereocenters. The number of nitrogens with zero attached hydrogens (tertiary/aromatic N) is 5. The summed E-state index contributed by atoms with van der Waals surface area (Å²) in [5, 5.41) is 13.9. The summed E-state index contributed by atoms with van der Waals surface area (Å²) in [6.07, 6.45) is 1.73. The van der Waals surface area contributed by atoms with Gasteiger partial charge in [-0.15, -0.1) is 10.2 Å². The van der Waals surface area contributed by atoms with Crippen LogP contribution in [0.25, 0.3) is 27.1 Å². The number of aromatic nitrogens is 5. The fourth-order valence-electron chi connectivity index (χ4n) is 1.98. The van der Waals surface area contributed by atoms with Crippen molar-refractivity contribution in [1.29, 1.82) is 0 Å². The molecular weight excluding hydrogens is 350 g/mol. The standard InChI is InChI=1S/C14H8BrN5S/c15-10-6-4-9(5-7-10)13-19-20-12(17-18-14(20)21-13)11-3-1-2-8-16-11/h1-8H. The van der Waals surface area contributed by atoms with E-state index in [-0.39, 0.29) is 0 Å². The van der Waals surface area contributed by atoms with E-state index in [2.05, 4.69) is 36.2 Å². The van der Waals surface area contributed by atoms with Crippen LogP contribution in [0.2, 0.25) is 0 Å². The zero-order valence-electron chi connectivity index (χ0n) is 10.6. The minimum atomic E-state index is 0.658. The highest BCUT2D eigenvalue weighted by atomic mass is 79.9. The molecule has 0 aliphatic heterocycles. The van der Waals surface area contributed by atoms with Gasteiger partial charge in [-0.05, 0) is 24.3 Å². The Morgan fingerprint density at radius 3 is 2.62 bits per heavy atom. The largest absolute Gasteiger partial charge is 0.253 e. The van der Waals surface area contributed by atoms with Gasteiger partial charge in [0.05, 0.1) is 0 Å². The van der Waals surface area contributed by atoms with E-state index in [9.17, 15) is 0 Å². The summed E-state index contributed by atoms with van der Waals surface area (Å²) in [7, 11) is 0. The summed E-state index contributed by atoms with van der Waals surface area (Å²) >= 11 is 4.94. The van der Waals surface area contributed by atoms with Gasteiger partial charge in [0.2, 0.25) is 10.8 Å². The van der Waals surface area contributed by atoms with Gasteiger partial charge in [-0.1, -0.05) is 45.5 Å². The Labute approximate surface area is 132 Å². The fourth-order valence-corrected chi connectivity index (χ4v) is 3.09.